The minimum atomic E-state index is -1.48. The fourth-order valence-corrected chi connectivity index (χ4v) is 3.22. The Balaban J connectivity index is 2.41. The molecule has 192 valence electrons. The van der Waals surface area contributed by atoms with Crippen molar-refractivity contribution in [2.24, 2.45) is 0 Å². The van der Waals surface area contributed by atoms with Crippen LogP contribution < -0.4 is 15.4 Å². The van der Waals surface area contributed by atoms with Gasteiger partial charge in [0, 0.05) is 5.69 Å². The lowest BCUT2D eigenvalue weighted by Crippen LogP contribution is -2.54. The van der Waals surface area contributed by atoms with E-state index in [9.17, 15) is 29.9 Å². The first-order valence-corrected chi connectivity index (χ1v) is 11.0. The number of aromatic hydroxyl groups is 1. The molecule has 2 aromatic carbocycles. The number of rotatable bonds is 9. The molecule has 0 aliphatic heterocycles. The number of hydrogen-bond acceptors (Lipinski definition) is 8. The summed E-state index contributed by atoms with van der Waals surface area (Å²) in [4.78, 5) is 40.0. The number of nitrogens with one attached hydrogen (secondary N) is 2. The van der Waals surface area contributed by atoms with Gasteiger partial charge in [0.1, 0.15) is 35.7 Å². The minimum Gasteiger partial charge on any atom is -0.508 e. The van der Waals surface area contributed by atoms with E-state index in [-0.39, 0.29) is 11.3 Å². The number of carbonyl (C=O) groups excluding carboxylic acids is 3. The van der Waals surface area contributed by atoms with Crippen LogP contribution in [-0.2, 0) is 14.3 Å². The van der Waals surface area contributed by atoms with Gasteiger partial charge in [0.15, 0.2) is 0 Å². The number of amides is 3. The SMILES string of the molecule is COc1ccc(NC(=O)C(c2ccc(O)cc2)N(CC#N)C(=O)C(CO)NC(=O)OC(C)(C)C)cc1. The van der Waals surface area contributed by atoms with Crippen molar-refractivity contribution < 1.29 is 34.1 Å². The molecule has 3 amide bonds. The summed E-state index contributed by atoms with van der Waals surface area (Å²) < 4.78 is 10.3. The standard InChI is InChI=1S/C25H30N4O7/c1-25(2,3)36-24(34)28-20(15-30)23(33)29(14-13-26)21(16-5-9-18(31)10-6-16)22(32)27-17-7-11-19(35-4)12-8-17/h5-12,20-21,30-31H,14-15H2,1-4H3,(H,27,32)(H,28,34). The van der Waals surface area contributed by atoms with Gasteiger partial charge in [-0.2, -0.15) is 5.26 Å². The molecule has 0 saturated carbocycles. The van der Waals surface area contributed by atoms with Gasteiger partial charge < -0.3 is 35.2 Å². The number of phenols is 1. The summed E-state index contributed by atoms with van der Waals surface area (Å²) in [6, 6.07) is 11.0. The molecule has 2 unspecified atom stereocenters. The lowest BCUT2D eigenvalue weighted by Gasteiger charge is -2.32. The first kappa shape index (κ1) is 27.9. The zero-order valence-electron chi connectivity index (χ0n) is 20.5. The topological polar surface area (TPSA) is 161 Å². The molecule has 0 fully saturated rings. The third kappa shape index (κ3) is 7.89. The maximum Gasteiger partial charge on any atom is 0.408 e. The molecule has 0 heterocycles. The van der Waals surface area contributed by atoms with Crippen molar-refractivity contribution in [1.82, 2.24) is 10.2 Å². The number of aliphatic hydroxyl groups excluding tert-OH is 1. The molecule has 4 N–H and O–H groups in total. The Bertz CT molecular complexity index is 1090. The van der Waals surface area contributed by atoms with Crippen molar-refractivity contribution in [3.8, 4) is 17.6 Å². The average Bonchev–Trinajstić information content (AvgIpc) is 2.82. The van der Waals surface area contributed by atoms with E-state index in [0.29, 0.717) is 11.4 Å². The van der Waals surface area contributed by atoms with Crippen molar-refractivity contribution in [3.05, 3.63) is 54.1 Å². The highest BCUT2D eigenvalue weighted by Gasteiger charge is 2.36. The Kier molecular flexibility index (Phi) is 9.64. The van der Waals surface area contributed by atoms with E-state index in [0.717, 1.165) is 4.90 Å². The third-order valence-corrected chi connectivity index (χ3v) is 4.82. The quantitative estimate of drug-likeness (QED) is 0.383. The number of nitriles is 1. The van der Waals surface area contributed by atoms with Crippen LogP contribution in [0.15, 0.2) is 48.5 Å². The van der Waals surface area contributed by atoms with Gasteiger partial charge in [-0.15, -0.1) is 0 Å². The molecule has 0 radical (unpaired) electrons. The molecule has 36 heavy (non-hydrogen) atoms. The molecule has 0 aromatic heterocycles. The second-order valence-electron chi connectivity index (χ2n) is 8.72. The first-order valence-electron chi connectivity index (χ1n) is 11.0. The van der Waals surface area contributed by atoms with Gasteiger partial charge in [-0.1, -0.05) is 12.1 Å². The summed E-state index contributed by atoms with van der Waals surface area (Å²) in [5.41, 5.74) is -0.164. The summed E-state index contributed by atoms with van der Waals surface area (Å²) in [5.74, 6) is -1.04. The molecule has 0 spiro atoms. The lowest BCUT2D eigenvalue weighted by atomic mass is 10.0. The Morgan fingerprint density at radius 3 is 2.19 bits per heavy atom. The molecular formula is C25H30N4O7. The Morgan fingerprint density at radius 1 is 1.08 bits per heavy atom. The van der Waals surface area contributed by atoms with Gasteiger partial charge in [-0.05, 0) is 62.7 Å². The van der Waals surface area contributed by atoms with Crippen LogP contribution >= 0.6 is 0 Å². The second kappa shape index (κ2) is 12.4. The Morgan fingerprint density at radius 2 is 1.69 bits per heavy atom. The van der Waals surface area contributed by atoms with Crippen LogP contribution in [0.5, 0.6) is 11.5 Å². The number of methoxy groups -OCH3 is 1. The van der Waals surface area contributed by atoms with Gasteiger partial charge in [0.2, 0.25) is 5.91 Å². The fourth-order valence-electron chi connectivity index (χ4n) is 3.22. The van der Waals surface area contributed by atoms with E-state index < -0.39 is 48.7 Å². The van der Waals surface area contributed by atoms with E-state index in [1.54, 1.807) is 45.0 Å². The van der Waals surface area contributed by atoms with E-state index >= 15 is 0 Å². The number of anilines is 1. The largest absolute Gasteiger partial charge is 0.508 e. The smallest absolute Gasteiger partial charge is 0.408 e. The average molecular weight is 499 g/mol. The van der Waals surface area contributed by atoms with Crippen LogP contribution in [0.25, 0.3) is 0 Å². The van der Waals surface area contributed by atoms with Gasteiger partial charge in [-0.25, -0.2) is 4.79 Å². The highest BCUT2D eigenvalue weighted by molar-refractivity contribution is 5.99. The van der Waals surface area contributed by atoms with Crippen LogP contribution in [0.3, 0.4) is 0 Å². The van der Waals surface area contributed by atoms with Crippen molar-refractivity contribution in [3.63, 3.8) is 0 Å². The lowest BCUT2D eigenvalue weighted by molar-refractivity contribution is -0.140. The number of hydrogen-bond donors (Lipinski definition) is 4. The summed E-state index contributed by atoms with van der Waals surface area (Å²) >= 11 is 0. The highest BCUT2D eigenvalue weighted by Crippen LogP contribution is 2.26. The molecule has 2 aromatic rings. The number of benzene rings is 2. The number of alkyl carbamates (subject to hydrolysis) is 1. The summed E-state index contributed by atoms with van der Waals surface area (Å²) in [5, 5.41) is 33.9. The molecule has 2 atom stereocenters. The van der Waals surface area contributed by atoms with Crippen molar-refractivity contribution >= 4 is 23.6 Å². The monoisotopic (exact) mass is 498 g/mol. The van der Waals surface area contributed by atoms with Crippen molar-refractivity contribution in [1.29, 1.82) is 5.26 Å². The van der Waals surface area contributed by atoms with Gasteiger partial charge in [0.25, 0.3) is 5.91 Å². The van der Waals surface area contributed by atoms with Crippen LogP contribution in [-0.4, -0.2) is 64.9 Å². The third-order valence-electron chi connectivity index (χ3n) is 4.82. The Labute approximate surface area is 209 Å². The normalized spacial score (nSPS) is 12.4. The molecular weight excluding hydrogens is 468 g/mol. The number of phenolic OH excluding ortho intramolecular Hbond substituents is 1. The summed E-state index contributed by atoms with van der Waals surface area (Å²) in [7, 11) is 1.50. The van der Waals surface area contributed by atoms with Crippen LogP contribution in [0, 0.1) is 11.3 Å². The zero-order valence-corrected chi connectivity index (χ0v) is 20.5. The van der Waals surface area contributed by atoms with Gasteiger partial charge in [0.05, 0.1) is 19.8 Å². The predicted molar refractivity (Wildman–Crippen MR) is 130 cm³/mol. The van der Waals surface area contributed by atoms with Gasteiger partial charge >= 0.3 is 6.09 Å². The number of aliphatic hydroxyl groups is 1. The van der Waals surface area contributed by atoms with Crippen LogP contribution in [0.4, 0.5) is 10.5 Å². The van der Waals surface area contributed by atoms with Crippen LogP contribution in [0.1, 0.15) is 32.4 Å². The Hall–Kier alpha value is -4.30. The fraction of sp³-hybridized carbons (Fsp3) is 0.360. The van der Waals surface area contributed by atoms with E-state index in [1.165, 1.54) is 31.4 Å². The molecule has 0 saturated heterocycles. The van der Waals surface area contributed by atoms with Crippen molar-refractivity contribution in [2.45, 2.75) is 38.5 Å². The highest BCUT2D eigenvalue weighted by atomic mass is 16.6. The minimum absolute atomic E-state index is 0.0638. The van der Waals surface area contributed by atoms with E-state index in [2.05, 4.69) is 10.6 Å². The van der Waals surface area contributed by atoms with E-state index in [1.807, 2.05) is 6.07 Å². The van der Waals surface area contributed by atoms with Gasteiger partial charge in [-0.3, -0.25) is 9.59 Å². The predicted octanol–water partition coefficient (Wildman–Crippen LogP) is 2.32. The summed E-state index contributed by atoms with van der Waals surface area (Å²) in [6.07, 6.45) is -0.948. The number of nitrogens with zero attached hydrogens (tertiary/aromatic N) is 2. The summed E-state index contributed by atoms with van der Waals surface area (Å²) in [6.45, 7) is 3.56. The molecule has 0 aliphatic carbocycles. The molecule has 2 rings (SSSR count). The van der Waals surface area contributed by atoms with Crippen LogP contribution in [0.2, 0.25) is 0 Å². The molecule has 11 nitrogen and oxygen atoms in total. The zero-order chi connectivity index (χ0) is 26.9. The number of ether oxygens (including phenoxy) is 2. The maximum atomic E-state index is 13.4. The first-order chi connectivity index (χ1) is 17.0. The number of carbonyl (C=O) groups is 3. The maximum absolute atomic E-state index is 13.4. The molecule has 11 heteroatoms. The van der Waals surface area contributed by atoms with Crippen molar-refractivity contribution in [2.75, 3.05) is 25.6 Å². The van der Waals surface area contributed by atoms with E-state index in [4.69, 9.17) is 9.47 Å². The second-order valence-corrected chi connectivity index (χ2v) is 8.72. The molecule has 0 aliphatic rings. The molecule has 0 bridgehead atoms.